The highest BCUT2D eigenvalue weighted by Crippen LogP contribution is 2.35. The van der Waals surface area contributed by atoms with Gasteiger partial charge in [0.25, 0.3) is 0 Å². The van der Waals surface area contributed by atoms with Crippen molar-refractivity contribution in [1.82, 2.24) is 0 Å². The first-order valence-corrected chi connectivity index (χ1v) is 8.13. The molecular weight excluding hydrogens is 412 g/mol. The number of carboxylic acids is 1. The number of halogens is 2. The van der Waals surface area contributed by atoms with Gasteiger partial charge in [-0.1, -0.05) is 24.3 Å². The predicted molar refractivity (Wildman–Crippen MR) is 94.0 cm³/mol. The van der Waals surface area contributed by atoms with Crippen LogP contribution in [0.15, 0.2) is 51.4 Å². The van der Waals surface area contributed by atoms with Crippen molar-refractivity contribution >= 4 is 43.9 Å². The van der Waals surface area contributed by atoms with Crippen LogP contribution in [0.3, 0.4) is 0 Å². The van der Waals surface area contributed by atoms with Gasteiger partial charge in [-0.25, -0.2) is 4.79 Å². The van der Waals surface area contributed by atoms with E-state index in [4.69, 9.17) is 9.84 Å². The zero-order chi connectivity index (χ0) is 16.1. The average Bonchev–Trinajstić information content (AvgIpc) is 2.46. The molecule has 0 fully saturated rings. The van der Waals surface area contributed by atoms with Gasteiger partial charge in [-0.2, -0.15) is 0 Å². The summed E-state index contributed by atoms with van der Waals surface area (Å²) in [7, 11) is 0. The molecule has 22 heavy (non-hydrogen) atoms. The first-order chi connectivity index (χ1) is 10.5. The fourth-order valence-corrected chi connectivity index (χ4v) is 3.35. The molecule has 0 unspecified atom stereocenters. The van der Waals surface area contributed by atoms with Gasteiger partial charge in [0.05, 0.1) is 8.95 Å². The van der Waals surface area contributed by atoms with Crippen LogP contribution < -0.4 is 4.74 Å². The molecule has 114 valence electrons. The van der Waals surface area contributed by atoms with Crippen LogP contribution >= 0.6 is 31.9 Å². The highest BCUT2D eigenvalue weighted by atomic mass is 79.9. The lowest BCUT2D eigenvalue weighted by Crippen LogP contribution is -1.99. The van der Waals surface area contributed by atoms with Crippen molar-refractivity contribution in [2.45, 2.75) is 13.5 Å². The summed E-state index contributed by atoms with van der Waals surface area (Å²) < 4.78 is 7.41. The Hall–Kier alpha value is -1.59. The van der Waals surface area contributed by atoms with Gasteiger partial charge >= 0.3 is 5.97 Å². The molecule has 0 radical (unpaired) electrons. The molecule has 2 aromatic carbocycles. The minimum Gasteiger partial charge on any atom is -0.487 e. The van der Waals surface area contributed by atoms with E-state index >= 15 is 0 Å². The average molecular weight is 426 g/mol. The molecule has 0 spiro atoms. The van der Waals surface area contributed by atoms with Crippen molar-refractivity contribution in [3.63, 3.8) is 0 Å². The smallest absolute Gasteiger partial charge is 0.328 e. The van der Waals surface area contributed by atoms with E-state index in [-0.39, 0.29) is 0 Å². The van der Waals surface area contributed by atoms with Crippen molar-refractivity contribution < 1.29 is 14.6 Å². The zero-order valence-corrected chi connectivity index (χ0v) is 15.0. The second-order valence-corrected chi connectivity index (χ2v) is 6.41. The van der Waals surface area contributed by atoms with Crippen LogP contribution in [0.1, 0.15) is 16.7 Å². The van der Waals surface area contributed by atoms with Crippen molar-refractivity contribution in [3.05, 3.63) is 68.1 Å². The fraction of sp³-hybridized carbons (Fsp3) is 0.118. The van der Waals surface area contributed by atoms with Gasteiger partial charge in [0, 0.05) is 6.08 Å². The summed E-state index contributed by atoms with van der Waals surface area (Å²) in [5.74, 6) is -0.289. The molecule has 0 aliphatic rings. The van der Waals surface area contributed by atoms with Crippen molar-refractivity contribution in [2.24, 2.45) is 0 Å². The Balaban J connectivity index is 2.18. The normalized spacial score (nSPS) is 10.9. The molecule has 0 amide bonds. The van der Waals surface area contributed by atoms with Crippen molar-refractivity contribution in [1.29, 1.82) is 0 Å². The summed E-state index contributed by atoms with van der Waals surface area (Å²) in [6.07, 6.45) is 2.63. The lowest BCUT2D eigenvalue weighted by Gasteiger charge is -2.12. The van der Waals surface area contributed by atoms with Crippen LogP contribution in [0.5, 0.6) is 5.75 Å². The van der Waals surface area contributed by atoms with E-state index in [0.717, 1.165) is 26.1 Å². The van der Waals surface area contributed by atoms with E-state index in [9.17, 15) is 4.79 Å². The number of carboxylic acid groups (broad SMARTS) is 1. The number of hydrogen-bond donors (Lipinski definition) is 1. The number of ether oxygens (including phenoxy) is 1. The lowest BCUT2D eigenvalue weighted by atomic mass is 10.1. The van der Waals surface area contributed by atoms with Gasteiger partial charge in [0.15, 0.2) is 0 Å². The minimum absolute atomic E-state index is 0.466. The largest absolute Gasteiger partial charge is 0.487 e. The molecule has 1 N–H and O–H groups in total. The second kappa shape index (κ2) is 7.61. The Morgan fingerprint density at radius 1 is 1.23 bits per heavy atom. The number of rotatable bonds is 5. The van der Waals surface area contributed by atoms with Gasteiger partial charge in [-0.05, 0) is 73.7 Å². The van der Waals surface area contributed by atoms with Crippen molar-refractivity contribution in [3.8, 4) is 5.75 Å². The number of hydrogen-bond acceptors (Lipinski definition) is 2. The number of aliphatic carboxylic acids is 1. The SMILES string of the molecule is Cc1ccccc1COc1c(Br)cc(/C=C/C(=O)O)cc1Br. The van der Waals surface area contributed by atoms with E-state index in [1.54, 1.807) is 0 Å². The maximum atomic E-state index is 10.6. The van der Waals surface area contributed by atoms with Crippen LogP contribution in [0.25, 0.3) is 6.08 Å². The van der Waals surface area contributed by atoms with Crippen LogP contribution in [0.4, 0.5) is 0 Å². The third-order valence-electron chi connectivity index (χ3n) is 3.07. The third-order valence-corrected chi connectivity index (χ3v) is 4.25. The van der Waals surface area contributed by atoms with Crippen LogP contribution in [-0.4, -0.2) is 11.1 Å². The predicted octanol–water partition coefficient (Wildman–Crippen LogP) is 5.20. The molecule has 0 heterocycles. The summed E-state index contributed by atoms with van der Waals surface area (Å²) in [5, 5.41) is 8.67. The highest BCUT2D eigenvalue weighted by Gasteiger charge is 2.09. The molecule has 5 heteroatoms. The van der Waals surface area contributed by atoms with E-state index in [1.807, 2.05) is 43.3 Å². The minimum atomic E-state index is -0.980. The molecule has 2 aromatic rings. The summed E-state index contributed by atoms with van der Waals surface area (Å²) in [6.45, 7) is 2.51. The van der Waals surface area contributed by atoms with Gasteiger partial charge in [-0.15, -0.1) is 0 Å². The molecule has 0 saturated heterocycles. The molecule has 0 bridgehead atoms. The molecule has 0 aliphatic carbocycles. The van der Waals surface area contributed by atoms with Crippen LogP contribution in [-0.2, 0) is 11.4 Å². The molecule has 3 nitrogen and oxygen atoms in total. The summed E-state index contributed by atoms with van der Waals surface area (Å²) >= 11 is 6.92. The number of carbonyl (C=O) groups is 1. The maximum Gasteiger partial charge on any atom is 0.328 e. The van der Waals surface area contributed by atoms with E-state index in [2.05, 4.69) is 31.9 Å². The van der Waals surface area contributed by atoms with E-state index in [1.165, 1.54) is 11.6 Å². The summed E-state index contributed by atoms with van der Waals surface area (Å²) in [5.41, 5.74) is 3.07. The third kappa shape index (κ3) is 4.45. The second-order valence-electron chi connectivity index (χ2n) is 4.70. The molecule has 2 rings (SSSR count). The van der Waals surface area contributed by atoms with Crippen molar-refractivity contribution in [2.75, 3.05) is 0 Å². The summed E-state index contributed by atoms with van der Waals surface area (Å²) in [4.78, 5) is 10.6. The molecule has 0 atom stereocenters. The summed E-state index contributed by atoms with van der Waals surface area (Å²) in [6, 6.07) is 11.7. The Bertz CT molecular complexity index is 701. The first-order valence-electron chi connectivity index (χ1n) is 6.54. The Kier molecular flexibility index (Phi) is 5.80. The molecular formula is C17H14Br2O3. The Morgan fingerprint density at radius 3 is 2.45 bits per heavy atom. The first kappa shape index (κ1) is 16.8. The molecule has 0 aliphatic heterocycles. The maximum absolute atomic E-state index is 10.6. The van der Waals surface area contributed by atoms with Gasteiger partial charge in [0.2, 0.25) is 0 Å². The Labute approximate surface area is 145 Å². The van der Waals surface area contributed by atoms with Crippen LogP contribution in [0, 0.1) is 6.92 Å². The topological polar surface area (TPSA) is 46.5 Å². The fourth-order valence-electron chi connectivity index (χ4n) is 1.90. The number of aryl methyl sites for hydroxylation is 1. The Morgan fingerprint density at radius 2 is 1.86 bits per heavy atom. The highest BCUT2D eigenvalue weighted by molar-refractivity contribution is 9.11. The van der Waals surface area contributed by atoms with Gasteiger partial charge in [-0.3, -0.25) is 0 Å². The number of benzene rings is 2. The van der Waals surface area contributed by atoms with Gasteiger partial charge < -0.3 is 9.84 Å². The zero-order valence-electron chi connectivity index (χ0n) is 11.8. The van der Waals surface area contributed by atoms with Gasteiger partial charge in [0.1, 0.15) is 12.4 Å². The van der Waals surface area contributed by atoms with Crippen LogP contribution in [0.2, 0.25) is 0 Å². The molecule has 0 saturated carbocycles. The lowest BCUT2D eigenvalue weighted by molar-refractivity contribution is -0.131. The quantitative estimate of drug-likeness (QED) is 0.670. The molecule has 0 aromatic heterocycles. The monoisotopic (exact) mass is 424 g/mol. The standard InChI is InChI=1S/C17H14Br2O3/c1-11-4-2-3-5-13(11)10-22-17-14(18)8-12(9-15(17)19)6-7-16(20)21/h2-9H,10H2,1H3,(H,20,21)/b7-6+. The van der Waals surface area contributed by atoms with E-state index in [0.29, 0.717) is 12.4 Å². The van der Waals surface area contributed by atoms with E-state index < -0.39 is 5.97 Å².